The van der Waals surface area contributed by atoms with E-state index in [-0.39, 0.29) is 0 Å². The molecule has 3 nitrogen and oxygen atoms in total. The van der Waals surface area contributed by atoms with Crippen molar-refractivity contribution in [2.24, 2.45) is 0 Å². The molecule has 3 rings (SSSR count). The Balaban J connectivity index is 1.42. The summed E-state index contributed by atoms with van der Waals surface area (Å²) >= 11 is 0. The van der Waals surface area contributed by atoms with E-state index >= 15 is 0 Å². The summed E-state index contributed by atoms with van der Waals surface area (Å²) < 4.78 is 6.29. The molecule has 0 bridgehead atoms. The van der Waals surface area contributed by atoms with Crippen molar-refractivity contribution >= 4 is 0 Å². The third kappa shape index (κ3) is 6.48. The van der Waals surface area contributed by atoms with E-state index in [4.69, 9.17) is 4.74 Å². The molecule has 2 aromatic rings. The average Bonchev–Trinajstić information content (AvgIpc) is 2.74. The molecule has 3 heteroatoms. The summed E-state index contributed by atoms with van der Waals surface area (Å²) in [5.41, 5.74) is 3.56. The van der Waals surface area contributed by atoms with Gasteiger partial charge in [0.15, 0.2) is 0 Å². The Kier molecular flexibility index (Phi) is 8.80. The normalized spacial score (nSPS) is 14.0. The zero-order valence-electron chi connectivity index (χ0n) is 19.9. The van der Waals surface area contributed by atoms with E-state index in [1.54, 1.807) is 6.20 Å². The summed E-state index contributed by atoms with van der Waals surface area (Å²) in [5, 5.41) is 10.7. The van der Waals surface area contributed by atoms with Gasteiger partial charge in [0.25, 0.3) is 0 Å². The molecule has 0 amide bonds. The number of hydrogen-bond donors (Lipinski definition) is 1. The minimum atomic E-state index is -0.424. The molecule has 0 atom stereocenters. The zero-order valence-corrected chi connectivity index (χ0v) is 19.9. The number of pyridine rings is 1. The van der Waals surface area contributed by atoms with E-state index in [0.29, 0.717) is 5.75 Å². The van der Waals surface area contributed by atoms with Gasteiger partial charge in [0.1, 0.15) is 17.1 Å². The Bertz CT molecular complexity index is 828. The largest absolute Gasteiger partial charge is 0.507 e. The first kappa shape index (κ1) is 23.6. The van der Waals surface area contributed by atoms with Gasteiger partial charge in [0.2, 0.25) is 0 Å². The lowest BCUT2D eigenvalue weighted by molar-refractivity contribution is 0.105. The smallest absolute Gasteiger partial charge is 0.132 e. The number of aromatic hydroxyl groups is 1. The second kappa shape index (κ2) is 11.5. The van der Waals surface area contributed by atoms with E-state index in [1.165, 1.54) is 70.6 Å². The number of phenols is 1. The fourth-order valence-corrected chi connectivity index (χ4v) is 4.77. The van der Waals surface area contributed by atoms with Crippen LogP contribution in [0.2, 0.25) is 0 Å². The van der Waals surface area contributed by atoms with Crippen molar-refractivity contribution < 1.29 is 9.84 Å². The third-order valence-electron chi connectivity index (χ3n) is 6.56. The van der Waals surface area contributed by atoms with E-state index in [1.807, 2.05) is 18.3 Å². The van der Waals surface area contributed by atoms with E-state index in [2.05, 4.69) is 31.8 Å². The van der Waals surface area contributed by atoms with Gasteiger partial charge in [-0.15, -0.1) is 0 Å². The number of rotatable bonds is 13. The predicted molar refractivity (Wildman–Crippen MR) is 130 cm³/mol. The molecule has 0 unspecified atom stereocenters. The number of hydrogen-bond acceptors (Lipinski definition) is 3. The highest BCUT2D eigenvalue weighted by molar-refractivity contribution is 5.81. The van der Waals surface area contributed by atoms with E-state index < -0.39 is 5.60 Å². The van der Waals surface area contributed by atoms with Gasteiger partial charge in [-0.25, -0.2) is 0 Å². The van der Waals surface area contributed by atoms with Crippen molar-refractivity contribution in [3.8, 4) is 22.6 Å². The molecule has 1 aliphatic heterocycles. The summed E-state index contributed by atoms with van der Waals surface area (Å²) in [6, 6.07) is 6.01. The molecule has 0 aliphatic carbocycles. The number of unbranched alkanes of at least 4 members (excludes halogenated alkanes) is 11. The predicted octanol–water partition coefficient (Wildman–Crippen LogP) is 8.33. The first-order valence-electron chi connectivity index (χ1n) is 12.5. The number of fused-ring (bicyclic) bond motifs is 3. The van der Waals surface area contributed by atoms with Gasteiger partial charge in [-0.2, -0.15) is 0 Å². The molecule has 31 heavy (non-hydrogen) atoms. The Hall–Kier alpha value is -2.03. The average molecular weight is 424 g/mol. The van der Waals surface area contributed by atoms with Crippen LogP contribution >= 0.6 is 0 Å². The van der Waals surface area contributed by atoms with Crippen LogP contribution in [0.3, 0.4) is 0 Å². The topological polar surface area (TPSA) is 42.4 Å². The van der Waals surface area contributed by atoms with Crippen molar-refractivity contribution in [2.45, 2.75) is 110 Å². The second-order valence-electron chi connectivity index (χ2n) is 9.66. The van der Waals surface area contributed by atoms with Gasteiger partial charge in [0.05, 0.1) is 5.56 Å². The fraction of sp³-hybridized carbons (Fsp3) is 0.607. The maximum atomic E-state index is 10.7. The molecule has 0 fully saturated rings. The number of nitrogens with zero attached hydrogens (tertiary/aromatic N) is 1. The summed E-state index contributed by atoms with van der Waals surface area (Å²) in [5.74, 6) is 1.08. The maximum absolute atomic E-state index is 10.7. The molecule has 1 aromatic heterocycles. The van der Waals surface area contributed by atoms with Gasteiger partial charge < -0.3 is 9.84 Å². The van der Waals surface area contributed by atoms with Crippen LogP contribution in [-0.4, -0.2) is 10.1 Å². The molecule has 0 radical (unpaired) electrons. The molecule has 0 saturated heterocycles. The first-order valence-corrected chi connectivity index (χ1v) is 12.5. The van der Waals surface area contributed by atoms with E-state index in [9.17, 15) is 5.11 Å². The third-order valence-corrected chi connectivity index (χ3v) is 6.56. The number of phenolic OH excluding ortho intramolecular Hbond substituents is 1. The second-order valence-corrected chi connectivity index (χ2v) is 9.66. The summed E-state index contributed by atoms with van der Waals surface area (Å²) in [6.07, 6.45) is 20.9. The molecule has 170 valence electrons. The highest BCUT2D eigenvalue weighted by atomic mass is 16.5. The van der Waals surface area contributed by atoms with Crippen LogP contribution < -0.4 is 4.74 Å². The van der Waals surface area contributed by atoms with Crippen molar-refractivity contribution in [3.63, 3.8) is 0 Å². The molecule has 0 spiro atoms. The SMILES string of the molecule is CCCCCCCCCCCCCCc1cc(O)c2c(c1)OC(C)(C)c1ccncc1-2. The van der Waals surface area contributed by atoms with Gasteiger partial charge in [-0.1, -0.05) is 77.6 Å². The van der Waals surface area contributed by atoms with Crippen molar-refractivity contribution in [2.75, 3.05) is 0 Å². The highest BCUT2D eigenvalue weighted by Crippen LogP contribution is 2.49. The molecule has 1 aromatic carbocycles. The lowest BCUT2D eigenvalue weighted by Gasteiger charge is -2.35. The monoisotopic (exact) mass is 423 g/mol. The maximum Gasteiger partial charge on any atom is 0.132 e. The van der Waals surface area contributed by atoms with Gasteiger partial charge in [-0.05, 0) is 50.5 Å². The van der Waals surface area contributed by atoms with Crippen molar-refractivity contribution in [1.29, 1.82) is 0 Å². The number of ether oxygens (including phenoxy) is 1. The number of aryl methyl sites for hydroxylation is 1. The van der Waals surface area contributed by atoms with Crippen LogP contribution in [-0.2, 0) is 12.0 Å². The molecular weight excluding hydrogens is 382 g/mol. The zero-order chi connectivity index (χ0) is 22.1. The molecule has 1 aliphatic rings. The minimum Gasteiger partial charge on any atom is -0.507 e. The van der Waals surface area contributed by atoms with Crippen LogP contribution in [0, 0.1) is 0 Å². The van der Waals surface area contributed by atoms with Crippen LogP contribution in [0.25, 0.3) is 11.1 Å². The minimum absolute atomic E-state index is 0.302. The van der Waals surface area contributed by atoms with Crippen LogP contribution in [0.5, 0.6) is 11.5 Å². The lowest BCUT2D eigenvalue weighted by atomic mass is 9.86. The molecular formula is C28H41NO2. The standard InChI is InChI=1S/C28H41NO2/c1-4-5-6-7-8-9-10-11-12-13-14-15-16-22-19-25(30)27-23-21-29-18-17-24(23)28(2,3)31-26(27)20-22/h17-21,30H,4-16H2,1-3H3. The Morgan fingerprint density at radius 2 is 1.48 bits per heavy atom. The fourth-order valence-electron chi connectivity index (χ4n) is 4.77. The van der Waals surface area contributed by atoms with Crippen LogP contribution in [0.15, 0.2) is 30.6 Å². The summed E-state index contributed by atoms with van der Waals surface area (Å²) in [7, 11) is 0. The molecule has 2 heterocycles. The van der Waals surface area contributed by atoms with Crippen LogP contribution in [0.1, 0.15) is 109 Å². The summed E-state index contributed by atoms with van der Waals surface area (Å²) in [4.78, 5) is 4.27. The lowest BCUT2D eigenvalue weighted by Crippen LogP contribution is -2.29. The Labute approximate surface area is 189 Å². The van der Waals surface area contributed by atoms with Crippen LogP contribution in [0.4, 0.5) is 0 Å². The Morgan fingerprint density at radius 1 is 0.871 bits per heavy atom. The molecule has 0 saturated carbocycles. The van der Waals surface area contributed by atoms with E-state index in [0.717, 1.165) is 40.8 Å². The van der Waals surface area contributed by atoms with Crippen molar-refractivity contribution in [1.82, 2.24) is 4.98 Å². The quantitative estimate of drug-likeness (QED) is 0.329. The summed E-state index contributed by atoms with van der Waals surface area (Å²) in [6.45, 7) is 6.42. The van der Waals surface area contributed by atoms with Gasteiger partial charge >= 0.3 is 0 Å². The highest BCUT2D eigenvalue weighted by Gasteiger charge is 2.34. The Morgan fingerprint density at radius 3 is 2.13 bits per heavy atom. The number of aromatic nitrogens is 1. The van der Waals surface area contributed by atoms with Crippen molar-refractivity contribution in [3.05, 3.63) is 41.7 Å². The van der Waals surface area contributed by atoms with Gasteiger partial charge in [0, 0.05) is 23.5 Å². The number of benzene rings is 1. The first-order chi connectivity index (χ1) is 15.0. The molecule has 1 N–H and O–H groups in total. The van der Waals surface area contributed by atoms with Gasteiger partial charge in [-0.3, -0.25) is 4.98 Å².